The van der Waals surface area contributed by atoms with Crippen molar-refractivity contribution in [3.63, 3.8) is 0 Å². The Kier molecular flexibility index (Phi) is 13.3. The van der Waals surface area contributed by atoms with Gasteiger partial charge in [0.05, 0.1) is 53.6 Å². The minimum atomic E-state index is -4.63. The molecular formula is C31H38F6N4O3. The van der Waals surface area contributed by atoms with Gasteiger partial charge in [-0.1, -0.05) is 41.5 Å². The summed E-state index contributed by atoms with van der Waals surface area (Å²) < 4.78 is 78.1. The van der Waals surface area contributed by atoms with Crippen LogP contribution >= 0.6 is 0 Å². The van der Waals surface area contributed by atoms with Crippen molar-refractivity contribution in [1.82, 2.24) is 0 Å². The second kappa shape index (κ2) is 15.3. The van der Waals surface area contributed by atoms with Crippen molar-refractivity contribution in [2.45, 2.75) is 60.0 Å². The Labute approximate surface area is 253 Å². The first kappa shape index (κ1) is 38.2. The van der Waals surface area contributed by atoms with Crippen LogP contribution in [-0.4, -0.2) is 55.4 Å². The van der Waals surface area contributed by atoms with Gasteiger partial charge in [0.25, 0.3) is 0 Å². The second-order valence-electron chi connectivity index (χ2n) is 12.6. The summed E-state index contributed by atoms with van der Waals surface area (Å²) in [6, 6.07) is 10.0. The van der Waals surface area contributed by atoms with Gasteiger partial charge in [0.1, 0.15) is 6.29 Å². The lowest BCUT2D eigenvalue weighted by atomic mass is 9.95. The highest BCUT2D eigenvalue weighted by molar-refractivity contribution is 5.63. The van der Waals surface area contributed by atoms with E-state index in [1.54, 1.807) is 21.9 Å². The third-order valence-corrected chi connectivity index (χ3v) is 5.86. The molecule has 0 amide bonds. The molecular weight excluding hydrogens is 590 g/mol. The average molecular weight is 629 g/mol. The van der Waals surface area contributed by atoms with Crippen LogP contribution in [-0.2, 0) is 17.1 Å². The lowest BCUT2D eigenvalue weighted by Gasteiger charge is -2.33. The zero-order chi connectivity index (χ0) is 34.1. The van der Waals surface area contributed by atoms with E-state index < -0.39 is 47.3 Å². The molecule has 242 valence electrons. The molecule has 44 heavy (non-hydrogen) atoms. The number of aliphatic hydroxyl groups excluding tert-OH is 2. The summed E-state index contributed by atoms with van der Waals surface area (Å²) in [5.74, 6) is 0. The van der Waals surface area contributed by atoms with E-state index in [0.29, 0.717) is 19.4 Å². The molecule has 0 spiro atoms. The first-order valence-corrected chi connectivity index (χ1v) is 13.5. The molecule has 0 heterocycles. The number of nitrogens with zero attached hydrogens (tertiary/aromatic N) is 4. The van der Waals surface area contributed by atoms with Crippen LogP contribution in [0.15, 0.2) is 36.4 Å². The summed E-state index contributed by atoms with van der Waals surface area (Å²) in [5, 5.41) is 36.3. The SMILES string of the molecule is CC(C)(C)CN(CC(O)CO)c1ccc(C#N)c(C(F)(F)F)c1.CC(C)(C)CN(CC=O)c1ccc(C#N)c(C(F)(F)F)c1. The molecule has 2 aromatic rings. The van der Waals surface area contributed by atoms with Gasteiger partial charge in [-0.2, -0.15) is 36.9 Å². The molecule has 13 heteroatoms. The van der Waals surface area contributed by atoms with Crippen LogP contribution in [0, 0.1) is 33.5 Å². The number of benzene rings is 2. The van der Waals surface area contributed by atoms with Gasteiger partial charge in [0.15, 0.2) is 0 Å². The molecule has 0 saturated carbocycles. The van der Waals surface area contributed by atoms with Gasteiger partial charge in [-0.05, 0) is 47.2 Å². The fourth-order valence-electron chi connectivity index (χ4n) is 4.19. The number of carbonyl (C=O) groups excluding carboxylic acids is 1. The number of rotatable bonds is 9. The van der Waals surface area contributed by atoms with Crippen LogP contribution in [0.2, 0.25) is 0 Å². The number of carbonyl (C=O) groups is 1. The quantitative estimate of drug-likeness (QED) is 0.244. The third kappa shape index (κ3) is 12.4. The normalized spacial score (nSPS) is 12.7. The fraction of sp³-hybridized carbons (Fsp3) is 0.516. The zero-order valence-electron chi connectivity index (χ0n) is 25.5. The number of aldehydes is 1. The van der Waals surface area contributed by atoms with E-state index in [1.165, 1.54) is 12.1 Å². The van der Waals surface area contributed by atoms with E-state index in [0.717, 1.165) is 24.3 Å². The highest BCUT2D eigenvalue weighted by Crippen LogP contribution is 2.36. The van der Waals surface area contributed by atoms with Crippen molar-refractivity contribution in [1.29, 1.82) is 10.5 Å². The van der Waals surface area contributed by atoms with Crippen molar-refractivity contribution in [3.8, 4) is 12.1 Å². The Hall–Kier alpha value is -3.81. The molecule has 2 rings (SSSR count). The lowest BCUT2D eigenvalue weighted by Crippen LogP contribution is -2.39. The van der Waals surface area contributed by atoms with Crippen LogP contribution in [0.5, 0.6) is 0 Å². The molecule has 1 unspecified atom stereocenters. The maximum atomic E-state index is 13.1. The minimum absolute atomic E-state index is 0.000464. The predicted octanol–water partition coefficient (Wildman–Crippen LogP) is 6.41. The van der Waals surface area contributed by atoms with Gasteiger partial charge in [-0.25, -0.2) is 0 Å². The summed E-state index contributed by atoms with van der Waals surface area (Å²) in [4.78, 5) is 13.9. The van der Waals surface area contributed by atoms with Crippen LogP contribution in [0.4, 0.5) is 37.7 Å². The van der Waals surface area contributed by atoms with E-state index in [2.05, 4.69) is 0 Å². The highest BCUT2D eigenvalue weighted by atomic mass is 19.4. The zero-order valence-corrected chi connectivity index (χ0v) is 25.5. The van der Waals surface area contributed by atoms with Gasteiger partial charge < -0.3 is 24.8 Å². The molecule has 0 aliphatic carbocycles. The topological polar surface area (TPSA) is 112 Å². The lowest BCUT2D eigenvalue weighted by molar-refractivity contribution is -0.138. The van der Waals surface area contributed by atoms with Crippen molar-refractivity contribution in [2.24, 2.45) is 10.8 Å². The number of hydrogen-bond donors (Lipinski definition) is 2. The van der Waals surface area contributed by atoms with Crippen molar-refractivity contribution < 1.29 is 41.4 Å². The average Bonchev–Trinajstić information content (AvgIpc) is 2.89. The maximum absolute atomic E-state index is 13.1. The monoisotopic (exact) mass is 628 g/mol. The number of aliphatic hydroxyl groups is 2. The molecule has 0 aliphatic rings. The van der Waals surface area contributed by atoms with E-state index >= 15 is 0 Å². The molecule has 7 nitrogen and oxygen atoms in total. The number of nitriles is 2. The molecule has 0 aromatic heterocycles. The van der Waals surface area contributed by atoms with E-state index in [9.17, 15) is 36.2 Å². The first-order chi connectivity index (χ1) is 20.1. The molecule has 1 atom stereocenters. The molecule has 0 aliphatic heterocycles. The largest absolute Gasteiger partial charge is 0.417 e. The Morgan fingerprint density at radius 1 is 0.773 bits per heavy atom. The molecule has 0 fully saturated rings. The summed E-state index contributed by atoms with van der Waals surface area (Å²) >= 11 is 0. The summed E-state index contributed by atoms with van der Waals surface area (Å²) in [6.45, 7) is 11.9. The number of halogens is 6. The smallest absolute Gasteiger partial charge is 0.394 e. The van der Waals surface area contributed by atoms with Crippen molar-refractivity contribution in [2.75, 3.05) is 42.6 Å². The minimum Gasteiger partial charge on any atom is -0.394 e. The second-order valence-corrected chi connectivity index (χ2v) is 12.6. The van der Waals surface area contributed by atoms with Gasteiger partial charge in [-0.3, -0.25) is 0 Å². The predicted molar refractivity (Wildman–Crippen MR) is 155 cm³/mol. The van der Waals surface area contributed by atoms with Gasteiger partial charge in [0, 0.05) is 31.0 Å². The molecule has 0 bridgehead atoms. The Bertz CT molecular complexity index is 1330. The number of alkyl halides is 6. The Morgan fingerprint density at radius 3 is 1.48 bits per heavy atom. The van der Waals surface area contributed by atoms with Crippen LogP contribution in [0.1, 0.15) is 63.8 Å². The van der Waals surface area contributed by atoms with E-state index in [-0.39, 0.29) is 35.3 Å². The van der Waals surface area contributed by atoms with Crippen LogP contribution in [0.25, 0.3) is 0 Å². The van der Waals surface area contributed by atoms with E-state index in [1.807, 2.05) is 41.5 Å². The summed E-state index contributed by atoms with van der Waals surface area (Å²) in [6.07, 6.45) is -9.65. The van der Waals surface area contributed by atoms with Crippen LogP contribution in [0.3, 0.4) is 0 Å². The number of hydrogen-bond acceptors (Lipinski definition) is 7. The first-order valence-electron chi connectivity index (χ1n) is 13.5. The molecule has 0 radical (unpaired) electrons. The summed E-state index contributed by atoms with van der Waals surface area (Å²) in [7, 11) is 0. The Morgan fingerprint density at radius 2 is 1.16 bits per heavy atom. The van der Waals surface area contributed by atoms with Crippen LogP contribution < -0.4 is 9.80 Å². The van der Waals surface area contributed by atoms with Gasteiger partial charge in [-0.15, -0.1) is 0 Å². The summed E-state index contributed by atoms with van der Waals surface area (Å²) in [5.41, 5.74) is -2.74. The molecule has 2 aromatic carbocycles. The van der Waals surface area contributed by atoms with Crippen molar-refractivity contribution >= 4 is 17.7 Å². The highest BCUT2D eigenvalue weighted by Gasteiger charge is 2.35. The molecule has 0 saturated heterocycles. The third-order valence-electron chi connectivity index (χ3n) is 5.86. The van der Waals surface area contributed by atoms with Gasteiger partial charge in [0.2, 0.25) is 0 Å². The van der Waals surface area contributed by atoms with E-state index in [4.69, 9.17) is 15.6 Å². The maximum Gasteiger partial charge on any atom is 0.417 e. The van der Waals surface area contributed by atoms with Crippen molar-refractivity contribution in [3.05, 3.63) is 58.7 Å². The molecule has 2 N–H and O–H groups in total. The number of anilines is 2. The Balaban J connectivity index is 0.000000442. The van der Waals surface area contributed by atoms with Gasteiger partial charge >= 0.3 is 12.4 Å². The standard InChI is InChI=1S/C16H21F3N2O2.C15H17F3N2O/c1-15(2,3)10-21(8-13(23)9-22)12-5-4-11(7-20)14(6-12)16(17,18)19;1-14(2,3)10-20(6-7-21)12-5-4-11(9-19)13(8-12)15(16,17)18/h4-6,13,22-23H,8-10H2,1-3H3;4-5,7-8H,6,10H2,1-3H3. The fourth-order valence-corrected chi connectivity index (χ4v) is 4.19.